The molecule has 17 heavy (non-hydrogen) atoms. The normalized spacial score (nSPS) is 17.1. The molecule has 4 heteroatoms. The van der Waals surface area contributed by atoms with Crippen LogP contribution in [0, 0.1) is 0 Å². The molecule has 3 nitrogen and oxygen atoms in total. The summed E-state index contributed by atoms with van der Waals surface area (Å²) in [5.74, 6) is 0.820. The van der Waals surface area contributed by atoms with E-state index in [1.807, 2.05) is 12.1 Å². The number of halogens is 1. The van der Waals surface area contributed by atoms with Crippen LogP contribution in [-0.2, 0) is 6.42 Å². The van der Waals surface area contributed by atoms with Gasteiger partial charge in [0.25, 0.3) is 0 Å². The number of rotatable bonds is 4. The smallest absolute Gasteiger partial charge is 0.120 e. The maximum atomic E-state index is 6.21. The van der Waals surface area contributed by atoms with Crippen LogP contribution in [0.2, 0.25) is 5.02 Å². The highest BCUT2D eigenvalue weighted by Crippen LogP contribution is 2.22. The fraction of sp³-hybridized carbons (Fsp3) is 0.538. The Kier molecular flexibility index (Phi) is 4.66. The molecule has 0 bridgehead atoms. The van der Waals surface area contributed by atoms with Crippen molar-refractivity contribution in [2.45, 2.75) is 6.42 Å². The van der Waals surface area contributed by atoms with E-state index in [2.05, 4.69) is 16.3 Å². The zero-order valence-electron chi connectivity index (χ0n) is 10.2. The van der Waals surface area contributed by atoms with E-state index in [9.17, 15) is 0 Å². The lowest BCUT2D eigenvalue weighted by Gasteiger charge is -2.27. The van der Waals surface area contributed by atoms with E-state index in [4.69, 9.17) is 16.3 Å². The van der Waals surface area contributed by atoms with Crippen molar-refractivity contribution in [1.82, 2.24) is 10.2 Å². The third kappa shape index (κ3) is 3.60. The van der Waals surface area contributed by atoms with Crippen LogP contribution in [0.4, 0.5) is 0 Å². The predicted octanol–water partition coefficient (Wildman–Crippen LogP) is 1.80. The van der Waals surface area contributed by atoms with Crippen LogP contribution >= 0.6 is 11.6 Å². The monoisotopic (exact) mass is 254 g/mol. The Morgan fingerprint density at radius 2 is 2.12 bits per heavy atom. The van der Waals surface area contributed by atoms with Crippen molar-refractivity contribution in [1.29, 1.82) is 0 Å². The number of nitrogens with zero attached hydrogens (tertiary/aromatic N) is 1. The first-order valence-electron chi connectivity index (χ1n) is 6.05. The third-order valence-corrected chi connectivity index (χ3v) is 3.52. The lowest BCUT2D eigenvalue weighted by Crippen LogP contribution is -2.44. The highest BCUT2D eigenvalue weighted by Gasteiger charge is 2.10. The van der Waals surface area contributed by atoms with Crippen LogP contribution in [0.3, 0.4) is 0 Å². The number of nitrogens with one attached hydrogen (secondary N) is 1. The second-order valence-corrected chi connectivity index (χ2v) is 4.71. The summed E-state index contributed by atoms with van der Waals surface area (Å²) in [6, 6.07) is 5.91. The summed E-state index contributed by atoms with van der Waals surface area (Å²) in [5.41, 5.74) is 1.20. The number of piperazine rings is 1. The molecule has 0 spiro atoms. The van der Waals surface area contributed by atoms with Gasteiger partial charge in [0.05, 0.1) is 7.11 Å². The van der Waals surface area contributed by atoms with Crippen molar-refractivity contribution >= 4 is 11.6 Å². The zero-order valence-corrected chi connectivity index (χ0v) is 11.0. The Hall–Kier alpha value is -0.770. The quantitative estimate of drug-likeness (QED) is 0.887. The molecule has 2 rings (SSSR count). The third-order valence-electron chi connectivity index (χ3n) is 3.17. The van der Waals surface area contributed by atoms with Gasteiger partial charge in [-0.05, 0) is 24.1 Å². The van der Waals surface area contributed by atoms with Crippen LogP contribution in [0.25, 0.3) is 0 Å². The van der Waals surface area contributed by atoms with Gasteiger partial charge in [-0.25, -0.2) is 0 Å². The van der Waals surface area contributed by atoms with Crippen LogP contribution in [0.15, 0.2) is 18.2 Å². The van der Waals surface area contributed by atoms with E-state index in [0.29, 0.717) is 0 Å². The Balaban J connectivity index is 1.89. The Labute approximate surface area is 108 Å². The topological polar surface area (TPSA) is 24.5 Å². The Bertz CT molecular complexity index is 364. The first-order valence-corrected chi connectivity index (χ1v) is 6.43. The molecule has 0 radical (unpaired) electrons. The van der Waals surface area contributed by atoms with Gasteiger partial charge in [0.2, 0.25) is 0 Å². The first kappa shape index (κ1) is 12.7. The number of methoxy groups -OCH3 is 1. The van der Waals surface area contributed by atoms with E-state index in [0.717, 1.165) is 49.9 Å². The number of hydrogen-bond donors (Lipinski definition) is 1. The number of ether oxygens (including phenoxy) is 1. The molecule has 1 heterocycles. The molecular weight excluding hydrogens is 236 g/mol. The summed E-state index contributed by atoms with van der Waals surface area (Å²) in [6.45, 7) is 5.53. The molecule has 1 saturated heterocycles. The Morgan fingerprint density at radius 1 is 1.35 bits per heavy atom. The fourth-order valence-electron chi connectivity index (χ4n) is 2.07. The minimum absolute atomic E-state index is 0.805. The number of benzene rings is 1. The molecule has 0 aromatic heterocycles. The van der Waals surface area contributed by atoms with Crippen molar-refractivity contribution in [3.63, 3.8) is 0 Å². The van der Waals surface area contributed by atoms with Crippen molar-refractivity contribution < 1.29 is 4.74 Å². The molecule has 94 valence electrons. The van der Waals surface area contributed by atoms with Gasteiger partial charge in [0, 0.05) is 37.7 Å². The van der Waals surface area contributed by atoms with Gasteiger partial charge in [-0.3, -0.25) is 0 Å². The van der Waals surface area contributed by atoms with Crippen molar-refractivity contribution in [2.75, 3.05) is 39.8 Å². The first-order chi connectivity index (χ1) is 8.29. The zero-order chi connectivity index (χ0) is 12.1. The average molecular weight is 255 g/mol. The molecule has 0 aliphatic carbocycles. The van der Waals surface area contributed by atoms with Crippen molar-refractivity contribution in [3.05, 3.63) is 28.8 Å². The average Bonchev–Trinajstić information content (AvgIpc) is 2.38. The molecular formula is C13H19ClN2O. The largest absolute Gasteiger partial charge is 0.497 e. The van der Waals surface area contributed by atoms with Gasteiger partial charge in [-0.2, -0.15) is 0 Å². The van der Waals surface area contributed by atoms with E-state index in [1.54, 1.807) is 7.11 Å². The standard InChI is InChI=1S/C13H19ClN2O/c1-17-12-3-2-11(13(14)10-12)4-7-16-8-5-15-6-9-16/h2-3,10,15H,4-9H2,1H3. The second-order valence-electron chi connectivity index (χ2n) is 4.30. The van der Waals surface area contributed by atoms with Crippen molar-refractivity contribution in [2.24, 2.45) is 0 Å². The van der Waals surface area contributed by atoms with Crippen molar-refractivity contribution in [3.8, 4) is 5.75 Å². The minimum Gasteiger partial charge on any atom is -0.497 e. The predicted molar refractivity (Wildman–Crippen MR) is 71.0 cm³/mol. The molecule has 0 amide bonds. The fourth-order valence-corrected chi connectivity index (χ4v) is 2.34. The van der Waals surface area contributed by atoms with Gasteiger partial charge < -0.3 is 15.0 Å². The summed E-state index contributed by atoms with van der Waals surface area (Å²) in [5, 5.41) is 4.16. The SMILES string of the molecule is COc1ccc(CCN2CCNCC2)c(Cl)c1. The number of hydrogen-bond acceptors (Lipinski definition) is 3. The van der Waals surface area contributed by atoms with Gasteiger partial charge in [0.15, 0.2) is 0 Å². The highest BCUT2D eigenvalue weighted by molar-refractivity contribution is 6.31. The molecule has 1 aromatic carbocycles. The van der Waals surface area contributed by atoms with Gasteiger partial charge in [0.1, 0.15) is 5.75 Å². The molecule has 0 unspecified atom stereocenters. The second kappa shape index (κ2) is 6.24. The molecule has 1 aliphatic rings. The molecule has 0 atom stereocenters. The van der Waals surface area contributed by atoms with E-state index in [1.165, 1.54) is 5.56 Å². The maximum absolute atomic E-state index is 6.21. The summed E-state index contributed by atoms with van der Waals surface area (Å²) in [4.78, 5) is 2.47. The molecule has 1 aromatic rings. The van der Waals surface area contributed by atoms with E-state index < -0.39 is 0 Å². The minimum atomic E-state index is 0.805. The lowest BCUT2D eigenvalue weighted by atomic mass is 10.1. The summed E-state index contributed by atoms with van der Waals surface area (Å²) in [6.07, 6.45) is 1.00. The Morgan fingerprint density at radius 3 is 2.76 bits per heavy atom. The van der Waals surface area contributed by atoms with Crippen LogP contribution < -0.4 is 10.1 Å². The molecule has 1 aliphatic heterocycles. The van der Waals surface area contributed by atoms with Gasteiger partial charge in [-0.15, -0.1) is 0 Å². The van der Waals surface area contributed by atoms with Crippen LogP contribution in [0.1, 0.15) is 5.56 Å². The van der Waals surface area contributed by atoms with E-state index >= 15 is 0 Å². The van der Waals surface area contributed by atoms with Crippen LogP contribution in [-0.4, -0.2) is 44.7 Å². The summed E-state index contributed by atoms with van der Waals surface area (Å²) < 4.78 is 5.14. The lowest BCUT2D eigenvalue weighted by molar-refractivity contribution is 0.244. The van der Waals surface area contributed by atoms with Gasteiger partial charge >= 0.3 is 0 Å². The molecule has 1 fully saturated rings. The highest BCUT2D eigenvalue weighted by atomic mass is 35.5. The maximum Gasteiger partial charge on any atom is 0.120 e. The molecule has 0 saturated carbocycles. The molecule has 1 N–H and O–H groups in total. The van der Waals surface area contributed by atoms with E-state index in [-0.39, 0.29) is 0 Å². The van der Waals surface area contributed by atoms with Gasteiger partial charge in [-0.1, -0.05) is 17.7 Å². The van der Waals surface area contributed by atoms with Crippen LogP contribution in [0.5, 0.6) is 5.75 Å². The summed E-state index contributed by atoms with van der Waals surface area (Å²) in [7, 11) is 1.66. The summed E-state index contributed by atoms with van der Waals surface area (Å²) >= 11 is 6.21.